The minimum absolute atomic E-state index is 0.0954. The summed E-state index contributed by atoms with van der Waals surface area (Å²) in [4.78, 5) is 42.0. The average Bonchev–Trinajstić information content (AvgIpc) is 3.44. The number of aliphatic hydroxyl groups excluding tert-OH is 1. The number of aliphatic hydroxyl groups is 1. The number of nitro groups is 1. The van der Waals surface area contributed by atoms with Crippen molar-refractivity contribution in [2.24, 2.45) is 0 Å². The summed E-state index contributed by atoms with van der Waals surface area (Å²) >= 11 is 0. The minimum atomic E-state index is -0.852. The number of carbonyl (C=O) groups excluding carboxylic acids is 2. The number of benzene rings is 3. The van der Waals surface area contributed by atoms with Gasteiger partial charge in [0.2, 0.25) is 0 Å². The molecule has 0 saturated carbocycles. The quantitative estimate of drug-likeness (QED) is 0.117. The summed E-state index contributed by atoms with van der Waals surface area (Å²) in [6.45, 7) is 2.13. The number of nitrogens with zero attached hydrogens (tertiary/aromatic N) is 2. The number of nitrogens with one attached hydrogen (secondary N) is 1. The highest BCUT2D eigenvalue weighted by Gasteiger charge is 2.46. The van der Waals surface area contributed by atoms with Crippen LogP contribution in [0.4, 0.5) is 5.69 Å². The Kier molecular flexibility index (Phi) is 6.42. The molecule has 0 radical (unpaired) electrons. The van der Waals surface area contributed by atoms with Gasteiger partial charge in [0.1, 0.15) is 11.5 Å². The van der Waals surface area contributed by atoms with Crippen molar-refractivity contribution < 1.29 is 24.4 Å². The van der Waals surface area contributed by atoms with Crippen LogP contribution < -0.4 is 4.74 Å². The van der Waals surface area contributed by atoms with E-state index in [0.717, 1.165) is 22.0 Å². The maximum absolute atomic E-state index is 13.3. The van der Waals surface area contributed by atoms with E-state index in [4.69, 9.17) is 4.74 Å². The summed E-state index contributed by atoms with van der Waals surface area (Å²) in [7, 11) is 1.59. The van der Waals surface area contributed by atoms with Gasteiger partial charge in [0.25, 0.3) is 17.4 Å². The van der Waals surface area contributed by atoms with Crippen LogP contribution in [0, 0.1) is 17.0 Å². The molecule has 9 heteroatoms. The summed E-state index contributed by atoms with van der Waals surface area (Å²) in [5.41, 5.74) is 3.29. The number of aryl methyl sites for hydroxylation is 1. The van der Waals surface area contributed by atoms with E-state index in [0.29, 0.717) is 17.7 Å². The van der Waals surface area contributed by atoms with Gasteiger partial charge in [0, 0.05) is 41.3 Å². The SMILES string of the molecule is COc1ccc2[nH]cc(CCN3C(=O)C(=O)C(=C(O)c4cccc([N+](=O)[O-])c4)[C@@H]3c3ccc(C)cc3)c2c1. The molecule has 1 aromatic heterocycles. The summed E-state index contributed by atoms with van der Waals surface area (Å²) in [6, 6.07) is 17.6. The van der Waals surface area contributed by atoms with Crippen LogP contribution in [0.3, 0.4) is 0 Å². The van der Waals surface area contributed by atoms with Gasteiger partial charge in [-0.1, -0.05) is 42.0 Å². The average molecular weight is 512 g/mol. The molecular weight excluding hydrogens is 486 g/mol. The number of aromatic amines is 1. The number of amides is 1. The number of hydrogen-bond donors (Lipinski definition) is 2. The normalized spacial score (nSPS) is 16.8. The number of carbonyl (C=O) groups is 2. The monoisotopic (exact) mass is 511 g/mol. The Morgan fingerprint density at radius 2 is 1.87 bits per heavy atom. The van der Waals surface area contributed by atoms with E-state index >= 15 is 0 Å². The second kappa shape index (κ2) is 9.85. The van der Waals surface area contributed by atoms with Gasteiger partial charge in [-0.05, 0) is 42.7 Å². The minimum Gasteiger partial charge on any atom is -0.507 e. The van der Waals surface area contributed by atoms with Crippen molar-refractivity contribution in [1.82, 2.24) is 9.88 Å². The van der Waals surface area contributed by atoms with E-state index in [9.17, 15) is 24.8 Å². The molecule has 5 rings (SSSR count). The molecule has 0 bridgehead atoms. The van der Waals surface area contributed by atoms with Crippen molar-refractivity contribution in [2.75, 3.05) is 13.7 Å². The van der Waals surface area contributed by atoms with Crippen LogP contribution in [0.2, 0.25) is 0 Å². The first-order valence-electron chi connectivity index (χ1n) is 12.0. The van der Waals surface area contributed by atoms with Crippen molar-refractivity contribution >= 4 is 34.0 Å². The highest BCUT2D eigenvalue weighted by atomic mass is 16.6. The van der Waals surface area contributed by atoms with Crippen LogP contribution in [0.25, 0.3) is 16.7 Å². The number of ether oxygens (including phenoxy) is 1. The van der Waals surface area contributed by atoms with Crippen molar-refractivity contribution in [3.63, 3.8) is 0 Å². The molecule has 1 aliphatic rings. The van der Waals surface area contributed by atoms with Gasteiger partial charge in [-0.25, -0.2) is 0 Å². The third-order valence-corrected chi connectivity index (χ3v) is 6.86. The molecule has 9 nitrogen and oxygen atoms in total. The lowest BCUT2D eigenvalue weighted by Gasteiger charge is -2.25. The lowest BCUT2D eigenvalue weighted by atomic mass is 9.94. The number of hydrogen-bond acceptors (Lipinski definition) is 6. The number of ketones is 1. The van der Waals surface area contributed by atoms with Gasteiger partial charge in [0.05, 0.1) is 23.6 Å². The Morgan fingerprint density at radius 3 is 2.58 bits per heavy atom. The topological polar surface area (TPSA) is 126 Å². The first-order valence-corrected chi connectivity index (χ1v) is 12.0. The number of fused-ring (bicyclic) bond motifs is 1. The molecule has 3 aromatic carbocycles. The zero-order valence-corrected chi connectivity index (χ0v) is 20.8. The largest absolute Gasteiger partial charge is 0.507 e. The highest BCUT2D eigenvalue weighted by molar-refractivity contribution is 6.46. The van der Waals surface area contributed by atoms with Gasteiger partial charge in [-0.2, -0.15) is 0 Å². The number of nitro benzene ring substituents is 1. The van der Waals surface area contributed by atoms with Gasteiger partial charge in [-0.15, -0.1) is 0 Å². The Labute approximate surface area is 218 Å². The third kappa shape index (κ3) is 4.39. The van der Waals surface area contributed by atoms with Crippen molar-refractivity contribution in [3.05, 3.63) is 111 Å². The number of likely N-dealkylation sites (tertiary alicyclic amines) is 1. The molecule has 1 fully saturated rings. The summed E-state index contributed by atoms with van der Waals surface area (Å²) < 4.78 is 5.35. The Bertz CT molecular complexity index is 1600. The predicted molar refractivity (Wildman–Crippen MR) is 142 cm³/mol. The van der Waals surface area contributed by atoms with Gasteiger partial charge in [0.15, 0.2) is 0 Å². The van der Waals surface area contributed by atoms with Crippen molar-refractivity contribution in [2.45, 2.75) is 19.4 Å². The van der Waals surface area contributed by atoms with E-state index in [2.05, 4.69) is 4.98 Å². The standard InChI is InChI=1S/C29H25N3O6/c1-17-6-8-18(9-7-17)26-25(27(33)19-4-3-5-21(14-19)32(36)37)28(34)29(35)31(26)13-12-20-16-30-24-11-10-22(38-2)15-23(20)24/h3-11,14-16,26,30,33H,12-13H2,1-2H3/t26-/m0/s1. The first-order chi connectivity index (χ1) is 18.3. The maximum atomic E-state index is 13.3. The molecule has 1 aliphatic heterocycles. The van der Waals surface area contributed by atoms with E-state index < -0.39 is 28.4 Å². The van der Waals surface area contributed by atoms with Gasteiger partial charge < -0.3 is 19.7 Å². The van der Waals surface area contributed by atoms with E-state index in [-0.39, 0.29) is 23.4 Å². The Hall–Kier alpha value is -4.92. The second-order valence-corrected chi connectivity index (χ2v) is 9.19. The number of Topliss-reactive ketones (excluding diaryl/α,β-unsaturated/α-hetero) is 1. The summed E-state index contributed by atoms with van der Waals surface area (Å²) in [6.07, 6.45) is 2.31. The second-order valence-electron chi connectivity index (χ2n) is 9.19. The van der Waals surface area contributed by atoms with Crippen LogP contribution in [0.5, 0.6) is 5.75 Å². The van der Waals surface area contributed by atoms with E-state index in [1.165, 1.54) is 29.2 Å². The Morgan fingerprint density at radius 1 is 1.11 bits per heavy atom. The zero-order valence-electron chi connectivity index (χ0n) is 20.8. The number of methoxy groups -OCH3 is 1. The van der Waals surface area contributed by atoms with E-state index in [1.807, 2.05) is 55.6 Å². The predicted octanol–water partition coefficient (Wildman–Crippen LogP) is 5.06. The smallest absolute Gasteiger partial charge is 0.295 e. The third-order valence-electron chi connectivity index (χ3n) is 6.86. The molecule has 0 aliphatic carbocycles. The van der Waals surface area contributed by atoms with Crippen LogP contribution >= 0.6 is 0 Å². The number of non-ortho nitro benzene ring substituents is 1. The van der Waals surface area contributed by atoms with E-state index in [1.54, 1.807) is 7.11 Å². The first kappa shape index (κ1) is 24.8. The zero-order chi connectivity index (χ0) is 27.0. The van der Waals surface area contributed by atoms with Crippen LogP contribution in [-0.4, -0.2) is 45.3 Å². The molecule has 1 atom stereocenters. The summed E-state index contributed by atoms with van der Waals surface area (Å²) in [5.74, 6) is -1.31. The highest BCUT2D eigenvalue weighted by Crippen LogP contribution is 2.40. The van der Waals surface area contributed by atoms with Crippen LogP contribution in [0.1, 0.15) is 28.3 Å². The molecule has 2 heterocycles. The molecule has 1 saturated heterocycles. The molecule has 0 spiro atoms. The fraction of sp³-hybridized carbons (Fsp3) is 0.172. The van der Waals surface area contributed by atoms with Crippen molar-refractivity contribution in [1.29, 1.82) is 0 Å². The molecule has 0 unspecified atom stereocenters. The van der Waals surface area contributed by atoms with Gasteiger partial charge >= 0.3 is 0 Å². The van der Waals surface area contributed by atoms with Crippen molar-refractivity contribution in [3.8, 4) is 5.75 Å². The molecule has 2 N–H and O–H groups in total. The molecule has 4 aromatic rings. The molecule has 192 valence electrons. The maximum Gasteiger partial charge on any atom is 0.295 e. The Balaban J connectivity index is 1.56. The fourth-order valence-corrected chi connectivity index (χ4v) is 4.86. The van der Waals surface area contributed by atoms with Gasteiger partial charge in [-0.3, -0.25) is 19.7 Å². The molecule has 1 amide bonds. The molecular formula is C29H25N3O6. The lowest BCUT2D eigenvalue weighted by molar-refractivity contribution is -0.384. The number of aromatic nitrogens is 1. The van der Waals surface area contributed by atoms with Crippen LogP contribution in [-0.2, 0) is 16.0 Å². The lowest BCUT2D eigenvalue weighted by Crippen LogP contribution is -2.31. The molecule has 38 heavy (non-hydrogen) atoms. The number of rotatable bonds is 7. The summed E-state index contributed by atoms with van der Waals surface area (Å²) in [5, 5.41) is 23.4. The van der Waals surface area contributed by atoms with Crippen LogP contribution in [0.15, 0.2) is 78.5 Å². The fourth-order valence-electron chi connectivity index (χ4n) is 4.86. The number of H-pyrrole nitrogens is 1.